The number of hydrogen-bond donors (Lipinski definition) is 1. The summed E-state index contributed by atoms with van der Waals surface area (Å²) in [4.78, 5) is 25.3. The van der Waals surface area contributed by atoms with Crippen molar-refractivity contribution in [2.24, 2.45) is 0 Å². The second-order valence-corrected chi connectivity index (χ2v) is 6.55. The van der Waals surface area contributed by atoms with E-state index in [0.717, 1.165) is 19.4 Å². The number of nitrogens with zero attached hydrogens (tertiary/aromatic N) is 2. The van der Waals surface area contributed by atoms with E-state index in [9.17, 15) is 9.59 Å². The van der Waals surface area contributed by atoms with Crippen LogP contribution in [-0.2, 0) is 4.74 Å². The van der Waals surface area contributed by atoms with Gasteiger partial charge in [0.25, 0.3) is 11.5 Å². The molecule has 1 fully saturated rings. The first-order valence-electron chi connectivity index (χ1n) is 8.43. The van der Waals surface area contributed by atoms with E-state index in [1.54, 1.807) is 18.2 Å². The van der Waals surface area contributed by atoms with Gasteiger partial charge in [-0.15, -0.1) is 0 Å². The number of fused-ring (bicyclic) bond motifs is 1. The lowest BCUT2D eigenvalue weighted by Gasteiger charge is -2.20. The number of aromatic nitrogens is 2. The summed E-state index contributed by atoms with van der Waals surface area (Å²) in [6.07, 6.45) is 2.00. The average Bonchev–Trinajstić information content (AvgIpc) is 3.09. The van der Waals surface area contributed by atoms with Crippen molar-refractivity contribution in [1.82, 2.24) is 15.1 Å². The van der Waals surface area contributed by atoms with Crippen molar-refractivity contribution in [2.45, 2.75) is 51.8 Å². The van der Waals surface area contributed by atoms with E-state index in [0.29, 0.717) is 10.8 Å². The van der Waals surface area contributed by atoms with Crippen LogP contribution in [0.25, 0.3) is 10.8 Å². The van der Waals surface area contributed by atoms with E-state index in [1.165, 1.54) is 4.68 Å². The van der Waals surface area contributed by atoms with Crippen LogP contribution in [-0.4, -0.2) is 34.4 Å². The lowest BCUT2D eigenvalue weighted by Crippen LogP contribution is -2.42. The van der Waals surface area contributed by atoms with Gasteiger partial charge in [0.1, 0.15) is 0 Å². The maximum atomic E-state index is 12.8. The molecule has 0 saturated carbocycles. The van der Waals surface area contributed by atoms with Gasteiger partial charge >= 0.3 is 0 Å². The van der Waals surface area contributed by atoms with Crippen LogP contribution in [0.5, 0.6) is 0 Å². The Morgan fingerprint density at radius 3 is 2.62 bits per heavy atom. The Bertz CT molecular complexity index is 807. The van der Waals surface area contributed by atoms with Crippen LogP contribution in [0.3, 0.4) is 0 Å². The zero-order valence-corrected chi connectivity index (χ0v) is 14.3. The zero-order chi connectivity index (χ0) is 17.3. The van der Waals surface area contributed by atoms with Crippen molar-refractivity contribution in [2.75, 3.05) is 6.61 Å². The standard InChI is InChI=1S/C18H23N3O3/c1-11(2)21-18(23)14-8-5-4-7-13(14)16(20-21)17(22)19-12(3)15-9-6-10-24-15/h4-5,7-8,11-12,15H,6,9-10H2,1-3H3,(H,19,22)/t12-,15+/m1/s1. The molecule has 0 spiro atoms. The van der Waals surface area contributed by atoms with Gasteiger partial charge in [0.2, 0.25) is 0 Å². The van der Waals surface area contributed by atoms with E-state index in [-0.39, 0.29) is 35.3 Å². The van der Waals surface area contributed by atoms with Crippen molar-refractivity contribution in [3.05, 3.63) is 40.3 Å². The lowest BCUT2D eigenvalue weighted by atomic mass is 10.1. The van der Waals surface area contributed by atoms with Gasteiger partial charge in [0.05, 0.1) is 23.6 Å². The predicted molar refractivity (Wildman–Crippen MR) is 92.3 cm³/mol. The molecule has 0 radical (unpaired) electrons. The molecule has 1 aliphatic rings. The lowest BCUT2D eigenvalue weighted by molar-refractivity contribution is 0.0709. The van der Waals surface area contributed by atoms with Crippen LogP contribution in [0, 0.1) is 0 Å². The van der Waals surface area contributed by atoms with Gasteiger partial charge in [-0.1, -0.05) is 18.2 Å². The summed E-state index contributed by atoms with van der Waals surface area (Å²) < 4.78 is 7.00. The first-order valence-corrected chi connectivity index (χ1v) is 8.43. The fourth-order valence-corrected chi connectivity index (χ4v) is 3.09. The quantitative estimate of drug-likeness (QED) is 0.934. The molecule has 1 saturated heterocycles. The third kappa shape index (κ3) is 3.06. The van der Waals surface area contributed by atoms with Crippen LogP contribution >= 0.6 is 0 Å². The molecular weight excluding hydrogens is 306 g/mol. The van der Waals surface area contributed by atoms with Crippen molar-refractivity contribution in [3.8, 4) is 0 Å². The van der Waals surface area contributed by atoms with E-state index in [4.69, 9.17) is 4.74 Å². The van der Waals surface area contributed by atoms with Gasteiger partial charge in [-0.2, -0.15) is 5.10 Å². The SMILES string of the molecule is CC(C)n1nc(C(=O)N[C@H](C)[C@@H]2CCCO2)c2ccccc2c1=O. The molecule has 2 heterocycles. The topological polar surface area (TPSA) is 73.2 Å². The smallest absolute Gasteiger partial charge is 0.274 e. The first-order chi connectivity index (χ1) is 11.5. The van der Waals surface area contributed by atoms with Crippen LogP contribution < -0.4 is 10.9 Å². The highest BCUT2D eigenvalue weighted by molar-refractivity contribution is 6.04. The average molecular weight is 329 g/mol. The monoisotopic (exact) mass is 329 g/mol. The minimum atomic E-state index is -0.274. The van der Waals surface area contributed by atoms with Crippen LogP contribution in [0.1, 0.15) is 50.1 Å². The highest BCUT2D eigenvalue weighted by atomic mass is 16.5. The maximum Gasteiger partial charge on any atom is 0.274 e. The van der Waals surface area contributed by atoms with Crippen LogP contribution in [0.4, 0.5) is 0 Å². The molecule has 128 valence electrons. The number of carbonyl (C=O) groups excluding carboxylic acids is 1. The highest BCUT2D eigenvalue weighted by Gasteiger charge is 2.26. The number of rotatable bonds is 4. The van der Waals surface area contributed by atoms with Gasteiger partial charge in [-0.05, 0) is 39.7 Å². The maximum absolute atomic E-state index is 12.8. The van der Waals surface area contributed by atoms with E-state index in [2.05, 4.69) is 10.4 Å². The van der Waals surface area contributed by atoms with Crippen LogP contribution in [0.15, 0.2) is 29.1 Å². The number of carbonyl (C=O) groups is 1. The molecule has 1 N–H and O–H groups in total. The van der Waals surface area contributed by atoms with E-state index < -0.39 is 0 Å². The molecule has 24 heavy (non-hydrogen) atoms. The summed E-state index contributed by atoms with van der Waals surface area (Å²) in [5.74, 6) is -0.274. The molecule has 1 amide bonds. The van der Waals surface area contributed by atoms with E-state index in [1.807, 2.05) is 26.8 Å². The summed E-state index contributed by atoms with van der Waals surface area (Å²) in [6, 6.07) is 6.89. The van der Waals surface area contributed by atoms with Crippen LogP contribution in [0.2, 0.25) is 0 Å². The molecular formula is C18H23N3O3. The molecule has 2 aromatic rings. The third-order valence-corrected chi connectivity index (χ3v) is 4.41. The summed E-state index contributed by atoms with van der Waals surface area (Å²) in [7, 11) is 0. The van der Waals surface area contributed by atoms with Gasteiger partial charge < -0.3 is 10.1 Å². The fourth-order valence-electron chi connectivity index (χ4n) is 3.09. The predicted octanol–water partition coefficient (Wildman–Crippen LogP) is 2.27. The second-order valence-electron chi connectivity index (χ2n) is 6.55. The van der Waals surface area contributed by atoms with E-state index >= 15 is 0 Å². The molecule has 2 atom stereocenters. The molecule has 1 aromatic carbocycles. The van der Waals surface area contributed by atoms with Gasteiger partial charge in [-0.3, -0.25) is 9.59 Å². The normalized spacial score (nSPS) is 18.9. The van der Waals surface area contributed by atoms with Gasteiger partial charge in [-0.25, -0.2) is 4.68 Å². The Morgan fingerprint density at radius 2 is 2.00 bits per heavy atom. The van der Waals surface area contributed by atoms with Gasteiger partial charge in [0.15, 0.2) is 5.69 Å². The fraction of sp³-hybridized carbons (Fsp3) is 0.500. The molecule has 0 bridgehead atoms. The molecule has 1 aliphatic heterocycles. The minimum absolute atomic E-state index is 0.0382. The van der Waals surface area contributed by atoms with Crippen molar-refractivity contribution in [3.63, 3.8) is 0 Å². The number of nitrogens with one attached hydrogen (secondary N) is 1. The molecule has 0 unspecified atom stereocenters. The van der Waals surface area contributed by atoms with Gasteiger partial charge in [0, 0.05) is 12.0 Å². The Morgan fingerprint density at radius 1 is 1.29 bits per heavy atom. The molecule has 3 rings (SSSR count). The Kier molecular flexibility index (Phi) is 4.66. The number of amides is 1. The Labute approximate surface area is 140 Å². The van der Waals surface area contributed by atoms with Crippen molar-refractivity contribution < 1.29 is 9.53 Å². The summed E-state index contributed by atoms with van der Waals surface area (Å²) in [5.41, 5.74) is 0.105. The Balaban J connectivity index is 1.99. The summed E-state index contributed by atoms with van der Waals surface area (Å²) in [5, 5.41) is 8.40. The Hall–Kier alpha value is -2.21. The molecule has 1 aromatic heterocycles. The van der Waals surface area contributed by atoms with Crippen molar-refractivity contribution in [1.29, 1.82) is 0 Å². The highest BCUT2D eigenvalue weighted by Crippen LogP contribution is 2.18. The third-order valence-electron chi connectivity index (χ3n) is 4.41. The number of benzene rings is 1. The minimum Gasteiger partial charge on any atom is -0.376 e. The summed E-state index contributed by atoms with van der Waals surface area (Å²) in [6.45, 7) is 6.43. The summed E-state index contributed by atoms with van der Waals surface area (Å²) >= 11 is 0. The molecule has 6 nitrogen and oxygen atoms in total. The zero-order valence-electron chi connectivity index (χ0n) is 14.3. The number of ether oxygens (including phenoxy) is 1. The molecule has 0 aliphatic carbocycles. The first kappa shape index (κ1) is 16.6. The second kappa shape index (κ2) is 6.73. The number of hydrogen-bond acceptors (Lipinski definition) is 4. The van der Waals surface area contributed by atoms with Crippen molar-refractivity contribution >= 4 is 16.7 Å². The largest absolute Gasteiger partial charge is 0.376 e. The molecule has 6 heteroatoms.